The molecule has 1 rings (SSSR count). The van der Waals surface area contributed by atoms with E-state index in [0.717, 1.165) is 44.9 Å². The number of hydrogen-bond acceptors (Lipinski definition) is 11. The number of unbranched alkanes of at least 4 members (excludes halogenated alkanes) is 35. The first-order chi connectivity index (χ1) is 32.6. The Kier molecular flexibility index (Phi) is 43.8. The summed E-state index contributed by atoms with van der Waals surface area (Å²) in [7, 11) is -5.06. The molecule has 0 aromatic heterocycles. The molecule has 1 fully saturated rings. The zero-order chi connectivity index (χ0) is 48.9. The molecule has 1 aliphatic rings. The van der Waals surface area contributed by atoms with Crippen LogP contribution in [0.1, 0.15) is 264 Å². The van der Waals surface area contributed by atoms with E-state index >= 15 is 0 Å². The van der Waals surface area contributed by atoms with Crippen molar-refractivity contribution in [3.8, 4) is 0 Å². The van der Waals surface area contributed by atoms with Gasteiger partial charge in [-0.25, -0.2) is 4.18 Å². The van der Waals surface area contributed by atoms with E-state index in [-0.39, 0.29) is 19.6 Å². The van der Waals surface area contributed by atoms with Gasteiger partial charge in [0.25, 0.3) is 0 Å². The number of carbonyl (C=O) groups excluding carboxylic acids is 1. The van der Waals surface area contributed by atoms with Gasteiger partial charge in [0.1, 0.15) is 30.5 Å². The first-order valence-corrected chi connectivity index (χ1v) is 29.3. The van der Waals surface area contributed by atoms with Crippen molar-refractivity contribution in [2.75, 3.05) is 26.4 Å². The Morgan fingerprint density at radius 2 is 0.940 bits per heavy atom. The largest absolute Gasteiger partial charge is 0.457 e. The molecule has 0 saturated carbocycles. The van der Waals surface area contributed by atoms with Crippen molar-refractivity contribution in [3.63, 3.8) is 0 Å². The second-order valence-electron chi connectivity index (χ2n) is 19.5. The maximum atomic E-state index is 12.9. The molecule has 0 radical (unpaired) electrons. The summed E-state index contributed by atoms with van der Waals surface area (Å²) in [5.74, 6) is -0.394. The number of aliphatic hydroxyl groups excluding tert-OH is 3. The molecule has 1 heterocycles. The zero-order valence-electron chi connectivity index (χ0n) is 43.0. The lowest BCUT2D eigenvalue weighted by Gasteiger charge is -2.41. The summed E-state index contributed by atoms with van der Waals surface area (Å²) in [6.45, 7) is 4.03. The van der Waals surface area contributed by atoms with Gasteiger partial charge < -0.3 is 34.3 Å². The van der Waals surface area contributed by atoms with Crippen molar-refractivity contribution in [3.05, 3.63) is 12.2 Å². The topological polar surface area (TPSA) is 178 Å². The number of allylic oxidation sites excluding steroid dienone is 2. The number of rotatable bonds is 50. The van der Waals surface area contributed by atoms with E-state index in [0.29, 0.717) is 13.0 Å². The molecule has 0 aromatic rings. The number of ether oxygens (including phenoxy) is 4. The van der Waals surface area contributed by atoms with Crippen molar-refractivity contribution in [1.82, 2.24) is 0 Å². The predicted octanol–water partition coefficient (Wildman–Crippen LogP) is 13.4. The van der Waals surface area contributed by atoms with Gasteiger partial charge in [0.15, 0.2) is 6.29 Å². The third kappa shape index (κ3) is 39.2. The van der Waals surface area contributed by atoms with Gasteiger partial charge in [-0.05, 0) is 38.5 Å². The fourth-order valence-corrected chi connectivity index (χ4v) is 9.41. The SMILES string of the molecule is CCCCCCCC/C=C\CCCCCCCCOCC(COC1OC(CO)C(O)C(OS(=O)(=O)O)C1O)OC(=O)CCCCCCCCCCCCCCCCCCCCCCCCCC. The zero-order valence-corrected chi connectivity index (χ0v) is 43.8. The van der Waals surface area contributed by atoms with Crippen molar-refractivity contribution < 1.29 is 56.2 Å². The van der Waals surface area contributed by atoms with Gasteiger partial charge in [-0.15, -0.1) is 0 Å². The van der Waals surface area contributed by atoms with Crippen LogP contribution in [0.15, 0.2) is 12.2 Å². The fourth-order valence-electron chi connectivity index (χ4n) is 8.91. The van der Waals surface area contributed by atoms with Crippen molar-refractivity contribution >= 4 is 16.4 Å². The van der Waals surface area contributed by atoms with Crippen LogP contribution in [0.4, 0.5) is 0 Å². The molecule has 0 aromatic carbocycles. The summed E-state index contributed by atoms with van der Waals surface area (Å²) >= 11 is 0. The van der Waals surface area contributed by atoms with Gasteiger partial charge in [0.2, 0.25) is 0 Å². The predicted molar refractivity (Wildman–Crippen MR) is 271 cm³/mol. The lowest BCUT2D eigenvalue weighted by molar-refractivity contribution is -0.301. The minimum atomic E-state index is -5.06. The van der Waals surface area contributed by atoms with E-state index in [9.17, 15) is 33.1 Å². The second kappa shape index (κ2) is 45.9. The molecular formula is C54H104O12S. The average molecular weight is 977 g/mol. The lowest BCUT2D eigenvalue weighted by atomic mass is 9.99. The quantitative estimate of drug-likeness (QED) is 0.0197. The highest BCUT2D eigenvalue weighted by atomic mass is 32.3. The van der Waals surface area contributed by atoms with E-state index in [4.69, 9.17) is 18.9 Å². The molecule has 1 aliphatic heterocycles. The fraction of sp³-hybridized carbons (Fsp3) is 0.944. The van der Waals surface area contributed by atoms with Crippen LogP contribution in [0.25, 0.3) is 0 Å². The molecule has 6 unspecified atom stereocenters. The smallest absolute Gasteiger partial charge is 0.397 e. The standard InChI is InChI=1S/C54H104O12S/c1-3-5-7-9-11-13-15-17-19-21-22-23-24-25-26-27-28-29-31-33-35-37-39-41-43-50(56)64-48(47-63-54-52(58)53(66-67(59,60)61)51(57)49(45-55)65-54)46-62-44-42-40-38-36-34-32-30-20-18-16-14-12-10-8-6-4-2/h18,20,48-49,51-55,57-58H,3-17,19,21-47H2,1-2H3,(H,59,60,61)/b20-18-. The number of hydrogen-bond donors (Lipinski definition) is 4. The molecule has 0 aliphatic carbocycles. The van der Waals surface area contributed by atoms with Crippen LogP contribution in [-0.2, 0) is 38.3 Å². The maximum absolute atomic E-state index is 12.9. The summed E-state index contributed by atoms with van der Waals surface area (Å²) in [6, 6.07) is 0. The summed E-state index contributed by atoms with van der Waals surface area (Å²) in [6.07, 6.45) is 43.9. The second-order valence-corrected chi connectivity index (χ2v) is 20.6. The Morgan fingerprint density at radius 3 is 1.34 bits per heavy atom. The van der Waals surface area contributed by atoms with Crippen molar-refractivity contribution in [1.29, 1.82) is 0 Å². The maximum Gasteiger partial charge on any atom is 0.397 e. The van der Waals surface area contributed by atoms with Crippen LogP contribution in [0.2, 0.25) is 0 Å². The summed E-state index contributed by atoms with van der Waals surface area (Å²) in [5, 5.41) is 30.8. The van der Waals surface area contributed by atoms with Crippen molar-refractivity contribution in [2.45, 2.75) is 301 Å². The van der Waals surface area contributed by atoms with Crippen LogP contribution in [-0.4, -0.2) is 97.5 Å². The Balaban J connectivity index is 2.28. The van der Waals surface area contributed by atoms with Crippen LogP contribution >= 0.6 is 0 Å². The minimum absolute atomic E-state index is 0.0378. The minimum Gasteiger partial charge on any atom is -0.457 e. The molecule has 4 N–H and O–H groups in total. The van der Waals surface area contributed by atoms with Gasteiger partial charge in [-0.3, -0.25) is 9.35 Å². The first-order valence-electron chi connectivity index (χ1n) is 27.9. The van der Waals surface area contributed by atoms with E-state index in [2.05, 4.69) is 30.2 Å². The first kappa shape index (κ1) is 63.9. The van der Waals surface area contributed by atoms with Crippen LogP contribution in [0, 0.1) is 0 Å². The van der Waals surface area contributed by atoms with E-state index in [1.54, 1.807) is 0 Å². The molecular weight excluding hydrogens is 873 g/mol. The summed E-state index contributed by atoms with van der Waals surface area (Å²) < 4.78 is 59.3. The third-order valence-corrected chi connectivity index (χ3v) is 13.6. The molecule has 1 saturated heterocycles. The Hall–Kier alpha value is -1.16. The molecule has 6 atom stereocenters. The van der Waals surface area contributed by atoms with Gasteiger partial charge in [-0.2, -0.15) is 8.42 Å². The van der Waals surface area contributed by atoms with Crippen molar-refractivity contribution in [2.24, 2.45) is 0 Å². The van der Waals surface area contributed by atoms with E-state index in [1.807, 2.05) is 0 Å². The number of esters is 1. The van der Waals surface area contributed by atoms with Crippen LogP contribution in [0.5, 0.6) is 0 Å². The Morgan fingerprint density at radius 1 is 0.552 bits per heavy atom. The normalized spacial score (nSPS) is 19.4. The average Bonchev–Trinajstić information content (AvgIpc) is 3.30. The van der Waals surface area contributed by atoms with Gasteiger partial charge >= 0.3 is 16.4 Å². The molecule has 12 nitrogen and oxygen atoms in total. The molecule has 0 amide bonds. The van der Waals surface area contributed by atoms with Gasteiger partial charge in [0.05, 0.1) is 19.8 Å². The highest BCUT2D eigenvalue weighted by Crippen LogP contribution is 2.26. The monoisotopic (exact) mass is 977 g/mol. The van der Waals surface area contributed by atoms with Crippen LogP contribution in [0.3, 0.4) is 0 Å². The lowest BCUT2D eigenvalue weighted by Crippen LogP contribution is -2.60. The Labute approximate surface area is 410 Å². The number of aliphatic hydroxyl groups is 3. The van der Waals surface area contributed by atoms with E-state index < -0.39 is 59.8 Å². The highest BCUT2D eigenvalue weighted by molar-refractivity contribution is 7.80. The highest BCUT2D eigenvalue weighted by Gasteiger charge is 2.48. The molecule has 0 spiro atoms. The molecule has 13 heteroatoms. The summed E-state index contributed by atoms with van der Waals surface area (Å²) in [5.41, 5.74) is 0. The van der Waals surface area contributed by atoms with Gasteiger partial charge in [0, 0.05) is 13.0 Å². The molecule has 0 bridgehead atoms. The third-order valence-electron chi connectivity index (χ3n) is 13.1. The number of carbonyl (C=O) groups is 1. The molecule has 67 heavy (non-hydrogen) atoms. The Bertz CT molecular complexity index is 1220. The van der Waals surface area contributed by atoms with Crippen LogP contribution < -0.4 is 0 Å². The van der Waals surface area contributed by atoms with E-state index in [1.165, 1.54) is 193 Å². The molecule has 398 valence electrons. The summed E-state index contributed by atoms with van der Waals surface area (Å²) in [4.78, 5) is 12.9. The van der Waals surface area contributed by atoms with Gasteiger partial charge in [-0.1, -0.05) is 231 Å².